The number of rotatable bonds is 4. The molecule has 0 spiro atoms. The Balaban J connectivity index is 1.25. The van der Waals surface area contributed by atoms with Crippen LogP contribution >= 0.6 is 0 Å². The van der Waals surface area contributed by atoms with Crippen LogP contribution in [-0.2, 0) is 11.8 Å². The van der Waals surface area contributed by atoms with Crippen molar-refractivity contribution in [2.45, 2.75) is 12.8 Å². The summed E-state index contributed by atoms with van der Waals surface area (Å²) in [5, 5.41) is 0. The van der Waals surface area contributed by atoms with Gasteiger partial charge in [-0.05, 0) is 49.2 Å². The van der Waals surface area contributed by atoms with E-state index in [1.54, 1.807) is 24.9 Å². The minimum atomic E-state index is -0.174. The molecule has 2 aliphatic heterocycles. The van der Waals surface area contributed by atoms with Crippen LogP contribution in [0.4, 0.5) is 11.5 Å². The van der Waals surface area contributed by atoms with Gasteiger partial charge in [-0.3, -0.25) is 14.2 Å². The Morgan fingerprint density at radius 2 is 1.79 bits per heavy atom. The molecule has 2 aliphatic rings. The number of piperidine rings is 1. The van der Waals surface area contributed by atoms with Gasteiger partial charge < -0.3 is 19.4 Å². The van der Waals surface area contributed by atoms with Gasteiger partial charge in [-0.2, -0.15) is 0 Å². The number of amides is 1. The highest BCUT2D eigenvalue weighted by Crippen LogP contribution is 2.25. The molecule has 2 aromatic heterocycles. The molecular formula is C25H30N6O3. The van der Waals surface area contributed by atoms with Gasteiger partial charge in [0.2, 0.25) is 5.91 Å². The molecule has 4 heterocycles. The monoisotopic (exact) mass is 462 g/mol. The maximum atomic E-state index is 13.4. The highest BCUT2D eigenvalue weighted by molar-refractivity contribution is 5.80. The standard InChI is InChI=1S/C25H30N6O3/c1-28-22-21(6-3-11-26-22)27-23(25(28)33)31-12-4-5-18(17-31)24(32)30-15-13-29(14-16-30)19-7-9-20(34-2)10-8-19/h3,6-11,18H,4-5,12-17H2,1-2H3/t18-/m1/s1. The number of aromatic nitrogens is 3. The Morgan fingerprint density at radius 1 is 1.03 bits per heavy atom. The van der Waals surface area contributed by atoms with Crippen molar-refractivity contribution in [3.05, 3.63) is 52.9 Å². The first-order valence-electron chi connectivity index (χ1n) is 11.8. The molecule has 34 heavy (non-hydrogen) atoms. The number of fused-ring (bicyclic) bond motifs is 1. The second-order valence-corrected chi connectivity index (χ2v) is 8.94. The third-order valence-electron chi connectivity index (χ3n) is 6.91. The first-order valence-corrected chi connectivity index (χ1v) is 11.8. The van der Waals surface area contributed by atoms with E-state index in [0.29, 0.717) is 36.6 Å². The maximum Gasteiger partial charge on any atom is 0.294 e. The third kappa shape index (κ3) is 4.18. The Bertz CT molecular complexity index is 1230. The number of piperazine rings is 1. The predicted octanol–water partition coefficient (Wildman–Crippen LogP) is 1.90. The number of carbonyl (C=O) groups is 1. The number of hydrogen-bond acceptors (Lipinski definition) is 7. The van der Waals surface area contributed by atoms with Crippen LogP contribution in [0.3, 0.4) is 0 Å². The summed E-state index contributed by atoms with van der Waals surface area (Å²) in [6.45, 7) is 4.24. The number of ether oxygens (including phenoxy) is 1. The molecule has 1 atom stereocenters. The smallest absolute Gasteiger partial charge is 0.294 e. The summed E-state index contributed by atoms with van der Waals surface area (Å²) < 4.78 is 6.79. The number of methoxy groups -OCH3 is 1. The summed E-state index contributed by atoms with van der Waals surface area (Å²) in [5.41, 5.74) is 2.22. The number of benzene rings is 1. The molecular weight excluding hydrogens is 432 g/mol. The van der Waals surface area contributed by atoms with Gasteiger partial charge in [-0.15, -0.1) is 0 Å². The van der Waals surface area contributed by atoms with Crippen LogP contribution in [0.15, 0.2) is 47.4 Å². The van der Waals surface area contributed by atoms with Crippen LogP contribution in [0.5, 0.6) is 5.75 Å². The van der Waals surface area contributed by atoms with Gasteiger partial charge in [0, 0.05) is 58.2 Å². The van der Waals surface area contributed by atoms with Crippen molar-refractivity contribution in [2.24, 2.45) is 13.0 Å². The van der Waals surface area contributed by atoms with Crippen LogP contribution < -0.4 is 20.1 Å². The van der Waals surface area contributed by atoms with E-state index in [2.05, 4.69) is 27.0 Å². The summed E-state index contributed by atoms with van der Waals surface area (Å²) in [6.07, 6.45) is 3.36. The number of carbonyl (C=O) groups excluding carboxylic acids is 1. The zero-order valence-corrected chi connectivity index (χ0v) is 19.7. The lowest BCUT2D eigenvalue weighted by atomic mass is 9.96. The second kappa shape index (κ2) is 9.32. The van der Waals surface area contributed by atoms with E-state index < -0.39 is 0 Å². The number of pyridine rings is 1. The van der Waals surface area contributed by atoms with E-state index >= 15 is 0 Å². The first-order chi connectivity index (χ1) is 16.5. The van der Waals surface area contributed by atoms with Gasteiger partial charge in [0.25, 0.3) is 5.56 Å². The molecule has 3 aromatic rings. The lowest BCUT2D eigenvalue weighted by Crippen LogP contribution is -2.53. The highest BCUT2D eigenvalue weighted by atomic mass is 16.5. The SMILES string of the molecule is COc1ccc(N2CCN(C(=O)[C@@H]3CCCN(c4nc5cccnc5n(C)c4=O)C3)CC2)cc1. The van der Waals surface area contributed by atoms with Gasteiger partial charge in [0.1, 0.15) is 11.3 Å². The van der Waals surface area contributed by atoms with Crippen molar-refractivity contribution in [1.82, 2.24) is 19.4 Å². The number of anilines is 2. The first kappa shape index (κ1) is 22.2. The van der Waals surface area contributed by atoms with Crippen molar-refractivity contribution in [3.63, 3.8) is 0 Å². The molecule has 1 aromatic carbocycles. The van der Waals surface area contributed by atoms with Gasteiger partial charge in [0.05, 0.1) is 13.0 Å². The van der Waals surface area contributed by atoms with Gasteiger partial charge >= 0.3 is 0 Å². The van der Waals surface area contributed by atoms with Crippen LogP contribution in [0, 0.1) is 5.92 Å². The van der Waals surface area contributed by atoms with Gasteiger partial charge in [-0.1, -0.05) is 0 Å². The fraction of sp³-hybridized carbons (Fsp3) is 0.440. The van der Waals surface area contributed by atoms with E-state index in [1.807, 2.05) is 34.1 Å². The van der Waals surface area contributed by atoms with E-state index in [9.17, 15) is 9.59 Å². The molecule has 9 nitrogen and oxygen atoms in total. The number of aryl methyl sites for hydroxylation is 1. The largest absolute Gasteiger partial charge is 0.497 e. The molecule has 5 rings (SSSR count). The van der Waals surface area contributed by atoms with Gasteiger partial charge in [0.15, 0.2) is 11.5 Å². The average Bonchev–Trinajstić information content (AvgIpc) is 2.90. The van der Waals surface area contributed by atoms with Crippen LogP contribution in [0.25, 0.3) is 11.2 Å². The lowest BCUT2D eigenvalue weighted by molar-refractivity contribution is -0.136. The molecule has 0 saturated carbocycles. The number of hydrogen-bond donors (Lipinski definition) is 0. The number of nitrogens with zero attached hydrogens (tertiary/aromatic N) is 6. The quantitative estimate of drug-likeness (QED) is 0.586. The summed E-state index contributed by atoms with van der Waals surface area (Å²) >= 11 is 0. The molecule has 0 bridgehead atoms. The minimum Gasteiger partial charge on any atom is -0.497 e. The van der Waals surface area contributed by atoms with E-state index in [0.717, 1.165) is 43.9 Å². The van der Waals surface area contributed by atoms with Crippen molar-refractivity contribution in [1.29, 1.82) is 0 Å². The Labute approximate surface area is 198 Å². The van der Waals surface area contributed by atoms with Gasteiger partial charge in [-0.25, -0.2) is 9.97 Å². The zero-order valence-electron chi connectivity index (χ0n) is 19.7. The second-order valence-electron chi connectivity index (χ2n) is 8.94. The molecule has 0 radical (unpaired) electrons. The normalized spacial score (nSPS) is 18.9. The Morgan fingerprint density at radius 3 is 2.53 bits per heavy atom. The molecule has 1 amide bonds. The zero-order chi connectivity index (χ0) is 23.7. The highest BCUT2D eigenvalue weighted by Gasteiger charge is 2.32. The molecule has 2 fully saturated rings. The topological polar surface area (TPSA) is 83.8 Å². The fourth-order valence-corrected chi connectivity index (χ4v) is 4.96. The van der Waals surface area contributed by atoms with Crippen LogP contribution in [-0.4, -0.2) is 71.7 Å². The van der Waals surface area contributed by atoms with Crippen molar-refractivity contribution < 1.29 is 9.53 Å². The summed E-state index contributed by atoms with van der Waals surface area (Å²) in [7, 11) is 3.38. The summed E-state index contributed by atoms with van der Waals surface area (Å²) in [5.74, 6) is 1.30. The fourth-order valence-electron chi connectivity index (χ4n) is 4.96. The van der Waals surface area contributed by atoms with Crippen molar-refractivity contribution in [2.75, 3.05) is 56.2 Å². The third-order valence-corrected chi connectivity index (χ3v) is 6.91. The molecule has 2 saturated heterocycles. The Hall–Kier alpha value is -3.62. The van der Waals surface area contributed by atoms with Crippen molar-refractivity contribution in [3.8, 4) is 5.75 Å². The minimum absolute atomic E-state index is 0.127. The molecule has 0 unspecified atom stereocenters. The maximum absolute atomic E-state index is 13.4. The van der Waals surface area contributed by atoms with Crippen LogP contribution in [0.2, 0.25) is 0 Å². The van der Waals surface area contributed by atoms with E-state index in [1.165, 1.54) is 0 Å². The van der Waals surface area contributed by atoms with E-state index in [-0.39, 0.29) is 17.4 Å². The lowest BCUT2D eigenvalue weighted by Gasteiger charge is -2.40. The predicted molar refractivity (Wildman–Crippen MR) is 132 cm³/mol. The molecule has 0 N–H and O–H groups in total. The molecule has 9 heteroatoms. The Kier molecular flexibility index (Phi) is 6.08. The molecule has 0 aliphatic carbocycles. The summed E-state index contributed by atoms with van der Waals surface area (Å²) in [4.78, 5) is 41.5. The molecule has 178 valence electrons. The average molecular weight is 463 g/mol. The summed E-state index contributed by atoms with van der Waals surface area (Å²) in [6, 6.07) is 11.7. The van der Waals surface area contributed by atoms with E-state index in [4.69, 9.17) is 4.74 Å². The van der Waals surface area contributed by atoms with Crippen LogP contribution in [0.1, 0.15) is 12.8 Å². The van der Waals surface area contributed by atoms with Crippen molar-refractivity contribution >= 4 is 28.6 Å².